The molecule has 0 unspecified atom stereocenters. The lowest BCUT2D eigenvalue weighted by atomic mass is 10.1. The first-order valence-corrected chi connectivity index (χ1v) is 11.7. The molecule has 0 saturated carbocycles. The highest BCUT2D eigenvalue weighted by molar-refractivity contribution is 6.00. The van der Waals surface area contributed by atoms with E-state index in [0.717, 1.165) is 34.5 Å². The molecule has 4 rings (SSSR count). The van der Waals surface area contributed by atoms with E-state index in [1.807, 2.05) is 81.2 Å². The van der Waals surface area contributed by atoms with Crippen molar-refractivity contribution in [3.8, 4) is 5.75 Å². The third-order valence-electron chi connectivity index (χ3n) is 6.09. The van der Waals surface area contributed by atoms with E-state index in [-0.39, 0.29) is 5.91 Å². The number of fused-ring (bicyclic) bond motifs is 2. The van der Waals surface area contributed by atoms with Gasteiger partial charge in [-0.3, -0.25) is 9.63 Å². The topological polar surface area (TPSA) is 70.8 Å². The fourth-order valence-corrected chi connectivity index (χ4v) is 4.16. The summed E-state index contributed by atoms with van der Waals surface area (Å²) in [5, 5.41) is 3.94. The normalized spacial score (nSPS) is 15.0. The zero-order chi connectivity index (χ0) is 24.8. The molecule has 1 aliphatic heterocycles. The van der Waals surface area contributed by atoms with Crippen LogP contribution in [0.3, 0.4) is 0 Å². The van der Waals surface area contributed by atoms with Gasteiger partial charge in [0.25, 0.3) is 11.4 Å². The molecule has 35 heavy (non-hydrogen) atoms. The number of likely N-dealkylation sites (N-methyl/N-ethyl adjacent to an activating group) is 2. The summed E-state index contributed by atoms with van der Waals surface area (Å²) in [4.78, 5) is 27.2. The van der Waals surface area contributed by atoms with Crippen LogP contribution in [0.5, 0.6) is 5.75 Å². The molecule has 0 radical (unpaired) electrons. The number of hydrogen-bond acceptors (Lipinski definition) is 6. The second-order valence-corrected chi connectivity index (χ2v) is 8.20. The highest BCUT2D eigenvalue weighted by Gasteiger charge is 2.28. The summed E-state index contributed by atoms with van der Waals surface area (Å²) < 4.78 is 7.83. The summed E-state index contributed by atoms with van der Waals surface area (Å²) in [7, 11) is 5.29. The molecule has 0 bridgehead atoms. The number of aromatic nitrogens is 2. The summed E-state index contributed by atoms with van der Waals surface area (Å²) in [6.45, 7) is 3.89. The van der Waals surface area contributed by atoms with Crippen molar-refractivity contribution in [2.75, 3.05) is 45.8 Å². The van der Waals surface area contributed by atoms with Crippen molar-refractivity contribution < 1.29 is 19.1 Å². The Bertz CT molecular complexity index is 1270. The van der Waals surface area contributed by atoms with Crippen LogP contribution < -0.4 is 24.5 Å². The number of nitrogens with zero attached hydrogens (tertiary/aromatic N) is 4. The van der Waals surface area contributed by atoms with Crippen LogP contribution in [0.4, 0.5) is 5.82 Å². The minimum Gasteiger partial charge on any atom is -0.492 e. The average Bonchev–Trinajstić information content (AvgIpc) is 2.99. The Hall–Kier alpha value is -4.07. The molecule has 1 N–H and O–H groups in total. The second-order valence-electron chi connectivity index (χ2n) is 8.20. The first kappa shape index (κ1) is 24.1. The fourth-order valence-electron chi connectivity index (χ4n) is 4.16. The molecular weight excluding hydrogens is 442 g/mol. The summed E-state index contributed by atoms with van der Waals surface area (Å²) in [5.74, 6) is 1.44. The molecule has 8 nitrogen and oxygen atoms in total. The molecule has 3 aromatic rings. The zero-order valence-corrected chi connectivity index (χ0v) is 20.7. The highest BCUT2D eigenvalue weighted by atomic mass is 16.6. The number of hydrogen-bond donors (Lipinski definition) is 1. The Morgan fingerprint density at radius 1 is 1.26 bits per heavy atom. The van der Waals surface area contributed by atoms with Gasteiger partial charge >= 0.3 is 0 Å². The minimum absolute atomic E-state index is 0.0616. The molecule has 0 aliphatic carbocycles. The number of pyridine rings is 2. The van der Waals surface area contributed by atoms with Gasteiger partial charge in [0.15, 0.2) is 0 Å². The largest absolute Gasteiger partial charge is 0.492 e. The van der Waals surface area contributed by atoms with Crippen molar-refractivity contribution in [1.82, 2.24) is 15.2 Å². The Kier molecular flexibility index (Phi) is 7.50. The Labute approximate surface area is 206 Å². The molecular formula is C27H32N5O3+. The predicted molar refractivity (Wildman–Crippen MR) is 136 cm³/mol. The number of anilines is 1. The summed E-state index contributed by atoms with van der Waals surface area (Å²) >= 11 is 0. The number of carbonyl (C=O) groups excluding carboxylic acids is 1. The predicted octanol–water partition coefficient (Wildman–Crippen LogP) is 2.73. The van der Waals surface area contributed by atoms with E-state index in [4.69, 9.17) is 14.6 Å². The minimum atomic E-state index is -0.0616. The Morgan fingerprint density at radius 2 is 2.09 bits per heavy atom. The number of allylic oxidation sites excluding steroid dienone is 2. The summed E-state index contributed by atoms with van der Waals surface area (Å²) in [6, 6.07) is 11.8. The smallest absolute Gasteiger partial charge is 0.268 e. The lowest BCUT2D eigenvalue weighted by Crippen LogP contribution is -2.40. The van der Waals surface area contributed by atoms with Gasteiger partial charge in [0, 0.05) is 55.8 Å². The van der Waals surface area contributed by atoms with E-state index in [2.05, 4.69) is 17.1 Å². The number of rotatable bonds is 8. The van der Waals surface area contributed by atoms with Crippen LogP contribution >= 0.6 is 0 Å². The molecule has 0 atom stereocenters. The molecule has 0 spiro atoms. The van der Waals surface area contributed by atoms with Gasteiger partial charge in [-0.05, 0) is 43.0 Å². The van der Waals surface area contributed by atoms with E-state index in [0.29, 0.717) is 31.0 Å². The molecule has 1 aliphatic rings. The second kappa shape index (κ2) is 10.9. The standard InChI is InChI=1S/C27H32N5O3/c1-5-31-19-21(9-8-14-28-2)30(3)27(33)23-17-20(18-29-26(23)31)13-16-35-25-12-15-32(34-4)24-11-7-6-10-22(24)25/h6-12,14-15,17-18,28H,5,13,16,19H2,1-4H3/q+1/b14-8-,21-9+. The van der Waals surface area contributed by atoms with Crippen LogP contribution in [-0.4, -0.2) is 56.7 Å². The first-order valence-electron chi connectivity index (χ1n) is 11.7. The van der Waals surface area contributed by atoms with E-state index in [1.165, 1.54) is 0 Å². The molecule has 0 saturated heterocycles. The monoisotopic (exact) mass is 474 g/mol. The van der Waals surface area contributed by atoms with Crippen LogP contribution in [0.1, 0.15) is 22.8 Å². The van der Waals surface area contributed by atoms with Gasteiger partial charge in [-0.2, -0.15) is 0 Å². The van der Waals surface area contributed by atoms with Gasteiger partial charge in [0.05, 0.1) is 24.1 Å². The van der Waals surface area contributed by atoms with Gasteiger partial charge < -0.3 is 19.9 Å². The maximum Gasteiger partial charge on any atom is 0.268 e. The van der Waals surface area contributed by atoms with Gasteiger partial charge in [0.2, 0.25) is 6.20 Å². The molecule has 1 amide bonds. The van der Waals surface area contributed by atoms with Crippen molar-refractivity contribution >= 4 is 22.6 Å². The van der Waals surface area contributed by atoms with Crippen LogP contribution in [0.15, 0.2) is 72.8 Å². The third kappa shape index (κ3) is 5.06. The Morgan fingerprint density at radius 3 is 2.86 bits per heavy atom. The summed E-state index contributed by atoms with van der Waals surface area (Å²) in [5.41, 5.74) is 3.41. The van der Waals surface area contributed by atoms with E-state index >= 15 is 0 Å². The number of para-hydroxylation sites is 1. The number of carbonyl (C=O) groups is 1. The van der Waals surface area contributed by atoms with Crippen molar-refractivity contribution in [1.29, 1.82) is 0 Å². The molecule has 8 heteroatoms. The highest BCUT2D eigenvalue weighted by Crippen LogP contribution is 2.27. The van der Waals surface area contributed by atoms with Gasteiger partial charge in [-0.25, -0.2) is 4.98 Å². The quantitative estimate of drug-likeness (QED) is 0.507. The van der Waals surface area contributed by atoms with Crippen molar-refractivity contribution in [3.05, 3.63) is 84.0 Å². The number of ether oxygens (including phenoxy) is 1. The average molecular weight is 475 g/mol. The van der Waals surface area contributed by atoms with Crippen LogP contribution in [0.25, 0.3) is 10.9 Å². The van der Waals surface area contributed by atoms with Gasteiger partial charge in [-0.1, -0.05) is 12.1 Å². The van der Waals surface area contributed by atoms with Crippen LogP contribution in [-0.2, 0) is 6.42 Å². The van der Waals surface area contributed by atoms with Gasteiger partial charge in [0.1, 0.15) is 18.7 Å². The maximum atomic E-state index is 13.3. The van der Waals surface area contributed by atoms with Crippen LogP contribution in [0, 0.1) is 0 Å². The molecule has 3 heterocycles. The number of nitrogens with one attached hydrogen (secondary N) is 1. The zero-order valence-electron chi connectivity index (χ0n) is 20.7. The van der Waals surface area contributed by atoms with Crippen molar-refractivity contribution in [2.24, 2.45) is 0 Å². The van der Waals surface area contributed by atoms with Gasteiger partial charge in [-0.15, -0.1) is 0 Å². The van der Waals surface area contributed by atoms with E-state index in [1.54, 1.807) is 16.7 Å². The maximum absolute atomic E-state index is 13.3. The third-order valence-corrected chi connectivity index (χ3v) is 6.09. The summed E-state index contributed by atoms with van der Waals surface area (Å²) in [6.07, 6.45) is 10.0. The Balaban J connectivity index is 1.54. The van der Waals surface area contributed by atoms with Crippen molar-refractivity contribution in [3.63, 3.8) is 0 Å². The van der Waals surface area contributed by atoms with Crippen LogP contribution in [0.2, 0.25) is 0 Å². The number of amides is 1. The molecule has 1 aromatic carbocycles. The molecule has 2 aromatic heterocycles. The van der Waals surface area contributed by atoms with E-state index < -0.39 is 0 Å². The molecule has 0 fully saturated rings. The fraction of sp³-hybridized carbons (Fsp3) is 0.296. The first-order chi connectivity index (χ1) is 17.1. The lowest BCUT2D eigenvalue weighted by molar-refractivity contribution is -0.865. The number of benzene rings is 1. The van der Waals surface area contributed by atoms with Crippen molar-refractivity contribution in [2.45, 2.75) is 13.3 Å². The van der Waals surface area contributed by atoms with E-state index in [9.17, 15) is 4.79 Å². The lowest BCUT2D eigenvalue weighted by Gasteiger charge is -2.23. The SMILES string of the molecule is CCN1C/C(=C\C=C/NC)N(C)C(=O)c2cc(CCOc3cc[n+](OC)c4ccccc34)cnc21. The molecule has 182 valence electrons.